The Balaban J connectivity index is 2.36. The molecule has 0 saturated heterocycles. The minimum absolute atomic E-state index is 0.0970. The highest BCUT2D eigenvalue weighted by molar-refractivity contribution is 9.10. The Hall–Kier alpha value is -2.00. The van der Waals surface area contributed by atoms with Crippen molar-refractivity contribution in [3.63, 3.8) is 0 Å². The molecule has 0 aliphatic heterocycles. The molecular weight excluding hydrogens is 410 g/mol. The third-order valence-corrected chi connectivity index (χ3v) is 4.56. The summed E-state index contributed by atoms with van der Waals surface area (Å²) in [6.07, 6.45) is 2.24. The van der Waals surface area contributed by atoms with Crippen molar-refractivity contribution in [1.82, 2.24) is 15.2 Å². The minimum Gasteiger partial charge on any atom is -0.493 e. The lowest BCUT2D eigenvalue weighted by atomic mass is 10.2. The molecule has 1 aromatic heterocycles. The number of methoxy groups -OCH3 is 1. The standard InChI is InChI=1S/C16H18BrN3O4S/c1-4-13-18-16(20-19-13)25-12(15(21)22)8-9-6-10(17)14(24-5-2)11(7-9)23-3/h6-8H,4-5H2,1-3H3,(H,21,22)(H,18,19,20)/b12-8-. The molecule has 7 nitrogen and oxygen atoms in total. The zero-order valence-electron chi connectivity index (χ0n) is 14.0. The summed E-state index contributed by atoms with van der Waals surface area (Å²) in [5.41, 5.74) is 0.656. The number of hydrogen-bond donors (Lipinski definition) is 2. The molecule has 134 valence electrons. The van der Waals surface area contributed by atoms with E-state index in [2.05, 4.69) is 31.1 Å². The van der Waals surface area contributed by atoms with Crippen LogP contribution < -0.4 is 9.47 Å². The van der Waals surface area contributed by atoms with E-state index in [0.29, 0.717) is 45.5 Å². The quantitative estimate of drug-likeness (QED) is 0.488. The van der Waals surface area contributed by atoms with E-state index in [9.17, 15) is 9.90 Å². The molecule has 25 heavy (non-hydrogen) atoms. The summed E-state index contributed by atoms with van der Waals surface area (Å²) in [6.45, 7) is 4.30. The highest BCUT2D eigenvalue weighted by Crippen LogP contribution is 2.38. The van der Waals surface area contributed by atoms with Gasteiger partial charge >= 0.3 is 5.97 Å². The third-order valence-electron chi connectivity index (χ3n) is 3.10. The third kappa shape index (κ3) is 4.99. The summed E-state index contributed by atoms with van der Waals surface area (Å²) < 4.78 is 11.5. The average molecular weight is 428 g/mol. The predicted octanol–water partition coefficient (Wildman–Crippen LogP) is 3.75. The van der Waals surface area contributed by atoms with Gasteiger partial charge in [0.2, 0.25) is 5.16 Å². The molecule has 0 aliphatic carbocycles. The number of carboxylic acids is 1. The fourth-order valence-electron chi connectivity index (χ4n) is 1.97. The average Bonchev–Trinajstić information content (AvgIpc) is 3.04. The number of aliphatic carboxylic acids is 1. The van der Waals surface area contributed by atoms with Gasteiger partial charge in [0.25, 0.3) is 0 Å². The molecule has 0 atom stereocenters. The van der Waals surface area contributed by atoms with Crippen molar-refractivity contribution >= 4 is 39.7 Å². The van der Waals surface area contributed by atoms with Crippen LogP contribution in [0.3, 0.4) is 0 Å². The van der Waals surface area contributed by atoms with Crippen LogP contribution in [0.25, 0.3) is 6.08 Å². The summed E-state index contributed by atoms with van der Waals surface area (Å²) in [5, 5.41) is 16.6. The van der Waals surface area contributed by atoms with E-state index in [-0.39, 0.29) is 4.91 Å². The van der Waals surface area contributed by atoms with Gasteiger partial charge in [-0.1, -0.05) is 6.92 Å². The van der Waals surface area contributed by atoms with Crippen molar-refractivity contribution < 1.29 is 19.4 Å². The molecule has 2 aromatic rings. The number of rotatable bonds is 8. The van der Waals surface area contributed by atoms with Crippen LogP contribution in [0.1, 0.15) is 25.2 Å². The van der Waals surface area contributed by atoms with Crippen molar-refractivity contribution in [1.29, 1.82) is 0 Å². The number of nitrogens with one attached hydrogen (secondary N) is 1. The number of benzene rings is 1. The summed E-state index contributed by atoms with van der Waals surface area (Å²) in [5.74, 6) is 0.742. The van der Waals surface area contributed by atoms with E-state index in [1.807, 2.05) is 13.8 Å². The Morgan fingerprint density at radius 2 is 2.20 bits per heavy atom. The van der Waals surface area contributed by atoms with Gasteiger partial charge in [0.15, 0.2) is 11.5 Å². The van der Waals surface area contributed by atoms with Crippen LogP contribution in [0.4, 0.5) is 0 Å². The van der Waals surface area contributed by atoms with E-state index in [0.717, 1.165) is 11.8 Å². The molecule has 0 spiro atoms. The smallest absolute Gasteiger partial charge is 0.342 e. The fraction of sp³-hybridized carbons (Fsp3) is 0.312. The van der Waals surface area contributed by atoms with Gasteiger partial charge < -0.3 is 14.6 Å². The molecule has 0 aliphatic rings. The lowest BCUT2D eigenvalue weighted by Gasteiger charge is -2.12. The first-order valence-electron chi connectivity index (χ1n) is 7.52. The number of H-pyrrole nitrogens is 1. The highest BCUT2D eigenvalue weighted by atomic mass is 79.9. The first-order valence-corrected chi connectivity index (χ1v) is 9.13. The first kappa shape index (κ1) is 19.3. The van der Waals surface area contributed by atoms with Crippen molar-refractivity contribution in [3.8, 4) is 11.5 Å². The minimum atomic E-state index is -1.06. The number of aryl methyl sites for hydroxylation is 1. The second kappa shape index (κ2) is 8.91. The van der Waals surface area contributed by atoms with Crippen LogP contribution in [-0.4, -0.2) is 40.0 Å². The number of nitrogens with zero attached hydrogens (tertiary/aromatic N) is 2. The summed E-state index contributed by atoms with van der Waals surface area (Å²) in [7, 11) is 1.53. The number of thioether (sulfide) groups is 1. The van der Waals surface area contributed by atoms with Crippen LogP contribution in [0.5, 0.6) is 11.5 Å². The van der Waals surface area contributed by atoms with Gasteiger partial charge in [-0.15, -0.1) is 5.10 Å². The zero-order valence-corrected chi connectivity index (χ0v) is 16.4. The van der Waals surface area contributed by atoms with Crippen molar-refractivity contribution in [2.75, 3.05) is 13.7 Å². The van der Waals surface area contributed by atoms with E-state index >= 15 is 0 Å². The Kier molecular flexibility index (Phi) is 6.89. The molecule has 0 amide bonds. The Bertz CT molecular complexity index is 792. The maximum absolute atomic E-state index is 11.6. The molecule has 1 aromatic carbocycles. The number of halogens is 1. The maximum atomic E-state index is 11.6. The Morgan fingerprint density at radius 3 is 2.76 bits per heavy atom. The number of hydrogen-bond acceptors (Lipinski definition) is 6. The summed E-state index contributed by atoms with van der Waals surface area (Å²) in [4.78, 5) is 15.9. The van der Waals surface area contributed by atoms with Gasteiger partial charge in [-0.05, 0) is 58.4 Å². The van der Waals surface area contributed by atoms with Crippen LogP contribution in [0.2, 0.25) is 0 Å². The molecule has 0 bridgehead atoms. The Labute approximate surface area is 158 Å². The largest absolute Gasteiger partial charge is 0.493 e. The van der Waals surface area contributed by atoms with Gasteiger partial charge in [-0.3, -0.25) is 5.10 Å². The molecule has 2 rings (SSSR count). The monoisotopic (exact) mass is 427 g/mol. The van der Waals surface area contributed by atoms with Crippen LogP contribution in [-0.2, 0) is 11.2 Å². The lowest BCUT2D eigenvalue weighted by molar-refractivity contribution is -0.131. The Morgan fingerprint density at radius 1 is 1.44 bits per heavy atom. The molecule has 0 radical (unpaired) electrons. The first-order chi connectivity index (χ1) is 12.0. The van der Waals surface area contributed by atoms with Crippen LogP contribution in [0, 0.1) is 0 Å². The van der Waals surface area contributed by atoms with Crippen molar-refractivity contribution in [3.05, 3.63) is 32.9 Å². The van der Waals surface area contributed by atoms with Crippen LogP contribution >= 0.6 is 27.7 Å². The molecule has 1 heterocycles. The van der Waals surface area contributed by atoms with E-state index in [4.69, 9.17) is 9.47 Å². The second-order valence-electron chi connectivity index (χ2n) is 4.80. The molecule has 0 unspecified atom stereocenters. The molecule has 0 saturated carbocycles. The van der Waals surface area contributed by atoms with E-state index < -0.39 is 5.97 Å². The lowest BCUT2D eigenvalue weighted by Crippen LogP contribution is -1.99. The van der Waals surface area contributed by atoms with Crippen molar-refractivity contribution in [2.45, 2.75) is 25.4 Å². The van der Waals surface area contributed by atoms with Crippen molar-refractivity contribution in [2.24, 2.45) is 0 Å². The molecule has 9 heteroatoms. The van der Waals surface area contributed by atoms with Gasteiger partial charge in [-0.25, -0.2) is 9.78 Å². The number of carboxylic acid groups (broad SMARTS) is 1. The molecule has 2 N–H and O–H groups in total. The highest BCUT2D eigenvalue weighted by Gasteiger charge is 2.16. The van der Waals surface area contributed by atoms with Gasteiger partial charge in [-0.2, -0.15) is 0 Å². The van der Waals surface area contributed by atoms with Gasteiger partial charge in [0, 0.05) is 6.42 Å². The normalized spacial score (nSPS) is 11.4. The summed E-state index contributed by atoms with van der Waals surface area (Å²) in [6, 6.07) is 3.49. The van der Waals surface area contributed by atoms with Gasteiger partial charge in [0.1, 0.15) is 10.7 Å². The van der Waals surface area contributed by atoms with Crippen LogP contribution in [0.15, 0.2) is 26.7 Å². The second-order valence-corrected chi connectivity index (χ2v) is 6.66. The van der Waals surface area contributed by atoms with E-state index in [1.54, 1.807) is 12.1 Å². The van der Waals surface area contributed by atoms with Gasteiger partial charge in [0.05, 0.1) is 18.2 Å². The maximum Gasteiger partial charge on any atom is 0.342 e. The molecule has 0 fully saturated rings. The number of aromatic nitrogens is 3. The predicted molar refractivity (Wildman–Crippen MR) is 99.1 cm³/mol. The number of carbonyl (C=O) groups is 1. The number of ether oxygens (including phenoxy) is 2. The zero-order chi connectivity index (χ0) is 18.4. The molecular formula is C16H18BrN3O4S. The van der Waals surface area contributed by atoms with E-state index in [1.165, 1.54) is 13.2 Å². The SMILES string of the molecule is CCOc1c(Br)cc(/C=C(\Sc2n[nH]c(CC)n2)C(=O)O)cc1OC. The fourth-order valence-corrected chi connectivity index (χ4v) is 3.27. The number of aromatic amines is 1. The topological polar surface area (TPSA) is 97.3 Å². The summed E-state index contributed by atoms with van der Waals surface area (Å²) >= 11 is 4.41.